The lowest BCUT2D eigenvalue weighted by Crippen LogP contribution is -2.46. The third-order valence-corrected chi connectivity index (χ3v) is 6.45. The monoisotopic (exact) mass is 466 g/mol. The Morgan fingerprint density at radius 2 is 1.74 bits per heavy atom. The van der Waals surface area contributed by atoms with Crippen LogP contribution in [0.2, 0.25) is 0 Å². The topological polar surface area (TPSA) is 54.2 Å². The van der Waals surface area contributed by atoms with Gasteiger partial charge in [-0.05, 0) is 61.8 Å². The quantitative estimate of drug-likeness (QED) is 0.340. The highest BCUT2D eigenvalue weighted by Gasteiger charge is 2.34. The molecule has 1 unspecified atom stereocenters. The van der Waals surface area contributed by atoms with E-state index in [4.69, 9.17) is 21.7 Å². The summed E-state index contributed by atoms with van der Waals surface area (Å²) in [5.41, 5.74) is 7.30. The van der Waals surface area contributed by atoms with Gasteiger partial charge in [0.1, 0.15) is 0 Å². The van der Waals surface area contributed by atoms with Crippen LogP contribution in [0.1, 0.15) is 42.5 Å². The highest BCUT2D eigenvalue weighted by molar-refractivity contribution is 7.80. The molecular weight excluding hydrogens is 440 g/mol. The molecule has 170 valence electrons. The molecule has 5 rings (SSSR count). The third kappa shape index (κ3) is 4.13. The lowest BCUT2D eigenvalue weighted by Gasteiger charge is -2.37. The summed E-state index contributed by atoms with van der Waals surface area (Å²) in [5, 5.41) is 8.46. The number of anilines is 1. The Morgan fingerprint density at radius 1 is 0.971 bits per heavy atom. The maximum absolute atomic E-state index is 5.85. The van der Waals surface area contributed by atoms with Crippen molar-refractivity contribution in [2.75, 3.05) is 4.90 Å². The molecular formula is C28H26N4OS. The van der Waals surface area contributed by atoms with Crippen LogP contribution in [0.15, 0.2) is 89.1 Å². The molecule has 0 saturated heterocycles. The van der Waals surface area contributed by atoms with Crippen LogP contribution in [0.5, 0.6) is 0 Å². The number of nitrogens with one attached hydrogen (secondary N) is 1. The second kappa shape index (κ2) is 9.23. The number of thiocarbonyl (C=S) groups is 1. The highest BCUT2D eigenvalue weighted by Crippen LogP contribution is 2.39. The Morgan fingerprint density at radius 3 is 2.44 bits per heavy atom. The molecule has 4 aromatic rings. The minimum atomic E-state index is -0.203. The van der Waals surface area contributed by atoms with E-state index in [0.717, 1.165) is 40.1 Å². The van der Waals surface area contributed by atoms with Crippen LogP contribution >= 0.6 is 12.2 Å². The van der Waals surface area contributed by atoms with Crippen molar-refractivity contribution in [3.05, 3.63) is 107 Å². The van der Waals surface area contributed by atoms with Gasteiger partial charge < -0.3 is 9.84 Å². The fourth-order valence-corrected chi connectivity index (χ4v) is 4.70. The Kier molecular flexibility index (Phi) is 5.99. The molecule has 0 spiro atoms. The van der Waals surface area contributed by atoms with Gasteiger partial charge in [-0.2, -0.15) is 4.98 Å². The Labute approximate surface area is 205 Å². The molecule has 0 radical (unpaired) electrons. The van der Waals surface area contributed by atoms with E-state index in [-0.39, 0.29) is 6.04 Å². The van der Waals surface area contributed by atoms with E-state index in [9.17, 15) is 0 Å². The van der Waals surface area contributed by atoms with Gasteiger partial charge in [0.05, 0.1) is 11.6 Å². The van der Waals surface area contributed by atoms with Crippen molar-refractivity contribution < 1.29 is 4.52 Å². The van der Waals surface area contributed by atoms with Crippen LogP contribution < -0.4 is 10.2 Å². The van der Waals surface area contributed by atoms with Crippen molar-refractivity contribution in [1.82, 2.24) is 15.5 Å². The molecule has 0 saturated carbocycles. The Hall–Kier alpha value is -3.77. The van der Waals surface area contributed by atoms with E-state index >= 15 is 0 Å². The van der Waals surface area contributed by atoms with Gasteiger partial charge in [0.2, 0.25) is 5.82 Å². The van der Waals surface area contributed by atoms with Crippen molar-refractivity contribution in [3.63, 3.8) is 0 Å². The molecule has 1 aliphatic heterocycles. The van der Waals surface area contributed by atoms with Crippen molar-refractivity contribution in [3.8, 4) is 11.4 Å². The molecule has 1 atom stereocenters. The molecule has 0 amide bonds. The smallest absolute Gasteiger partial charge is 0.258 e. The van der Waals surface area contributed by atoms with Crippen LogP contribution in [0.4, 0.5) is 5.69 Å². The maximum Gasteiger partial charge on any atom is 0.258 e. The zero-order valence-corrected chi connectivity index (χ0v) is 20.3. The molecule has 3 aromatic carbocycles. The number of hydrogen-bond acceptors (Lipinski definition) is 4. The molecule has 2 heterocycles. The molecule has 1 N–H and O–H groups in total. The summed E-state index contributed by atoms with van der Waals surface area (Å²) in [6, 6.07) is 26.6. The SMILES string of the molecule is CCc1ccc(N2C(=S)NC(c3ccccc3)C(c3nc(-c4cccc(C)c4)no3)=C2C)cc1. The van der Waals surface area contributed by atoms with Crippen LogP contribution in [0, 0.1) is 6.92 Å². The van der Waals surface area contributed by atoms with Gasteiger partial charge in [-0.25, -0.2) is 0 Å². The second-order valence-electron chi connectivity index (χ2n) is 8.44. The fourth-order valence-electron chi connectivity index (χ4n) is 4.34. The Bertz CT molecular complexity index is 1360. The zero-order valence-electron chi connectivity index (χ0n) is 19.4. The number of hydrogen-bond donors (Lipinski definition) is 1. The van der Waals surface area contributed by atoms with Gasteiger partial charge in [-0.1, -0.05) is 78.3 Å². The van der Waals surface area contributed by atoms with E-state index in [1.165, 1.54) is 5.56 Å². The molecule has 6 heteroatoms. The summed E-state index contributed by atoms with van der Waals surface area (Å²) in [6.45, 7) is 6.26. The number of aromatic nitrogens is 2. The lowest BCUT2D eigenvalue weighted by molar-refractivity contribution is 0.404. The predicted octanol–water partition coefficient (Wildman–Crippen LogP) is 6.47. The normalized spacial score (nSPS) is 16.0. The van der Waals surface area contributed by atoms with E-state index in [0.29, 0.717) is 16.8 Å². The van der Waals surface area contributed by atoms with Crippen molar-refractivity contribution >= 4 is 28.6 Å². The van der Waals surface area contributed by atoms with Crippen molar-refractivity contribution in [2.24, 2.45) is 0 Å². The summed E-state index contributed by atoms with van der Waals surface area (Å²) in [7, 11) is 0. The minimum Gasteiger partial charge on any atom is -0.351 e. The standard InChI is InChI=1S/C28H26N4OS/c1-4-20-13-15-23(16-14-20)32-19(3)24(25(29-28(32)34)21-10-6-5-7-11-21)27-30-26(31-33-27)22-12-8-9-18(2)17-22/h5-17,25H,4H2,1-3H3,(H,29,34). The summed E-state index contributed by atoms with van der Waals surface area (Å²) in [5.74, 6) is 1.05. The summed E-state index contributed by atoms with van der Waals surface area (Å²) in [4.78, 5) is 6.85. The summed E-state index contributed by atoms with van der Waals surface area (Å²) >= 11 is 5.84. The minimum absolute atomic E-state index is 0.203. The van der Waals surface area contributed by atoms with Crippen molar-refractivity contribution in [2.45, 2.75) is 33.2 Å². The number of rotatable bonds is 5. The molecule has 5 nitrogen and oxygen atoms in total. The van der Waals surface area contributed by atoms with Crippen LogP contribution in [-0.2, 0) is 6.42 Å². The molecule has 1 aromatic heterocycles. The van der Waals surface area contributed by atoms with Gasteiger partial charge in [-0.3, -0.25) is 4.90 Å². The molecule has 1 aliphatic rings. The zero-order chi connectivity index (χ0) is 23.7. The molecule has 34 heavy (non-hydrogen) atoms. The van der Waals surface area contributed by atoms with E-state index in [1.807, 2.05) is 35.2 Å². The van der Waals surface area contributed by atoms with Crippen LogP contribution in [0.3, 0.4) is 0 Å². The number of aryl methyl sites for hydroxylation is 2. The van der Waals surface area contributed by atoms with Crippen LogP contribution in [0.25, 0.3) is 17.0 Å². The van der Waals surface area contributed by atoms with Gasteiger partial charge in [0, 0.05) is 16.9 Å². The van der Waals surface area contributed by atoms with E-state index in [1.54, 1.807) is 0 Å². The summed E-state index contributed by atoms with van der Waals surface area (Å²) in [6.07, 6.45) is 0.989. The summed E-state index contributed by atoms with van der Waals surface area (Å²) < 4.78 is 5.85. The molecule has 0 bridgehead atoms. The average molecular weight is 467 g/mol. The van der Waals surface area contributed by atoms with Crippen LogP contribution in [-0.4, -0.2) is 15.3 Å². The largest absolute Gasteiger partial charge is 0.351 e. The first-order chi connectivity index (χ1) is 16.5. The predicted molar refractivity (Wildman–Crippen MR) is 140 cm³/mol. The number of nitrogens with zero attached hydrogens (tertiary/aromatic N) is 3. The first kappa shape index (κ1) is 22.0. The Balaban J connectivity index is 1.64. The maximum atomic E-state index is 5.85. The molecule has 0 aliphatic carbocycles. The average Bonchev–Trinajstić information content (AvgIpc) is 3.34. The van der Waals surface area contributed by atoms with Gasteiger partial charge in [-0.15, -0.1) is 0 Å². The second-order valence-corrected chi connectivity index (χ2v) is 8.83. The third-order valence-electron chi connectivity index (χ3n) is 6.15. The number of benzene rings is 3. The lowest BCUT2D eigenvalue weighted by atomic mass is 9.94. The number of allylic oxidation sites excluding steroid dienone is 1. The molecule has 0 fully saturated rings. The fraction of sp³-hybridized carbons (Fsp3) is 0.179. The van der Waals surface area contributed by atoms with E-state index < -0.39 is 0 Å². The van der Waals surface area contributed by atoms with Gasteiger partial charge in [0.25, 0.3) is 5.89 Å². The van der Waals surface area contributed by atoms with Crippen molar-refractivity contribution in [1.29, 1.82) is 0 Å². The van der Waals surface area contributed by atoms with Gasteiger partial charge in [0.15, 0.2) is 5.11 Å². The first-order valence-electron chi connectivity index (χ1n) is 11.4. The van der Waals surface area contributed by atoms with E-state index in [2.05, 4.69) is 79.8 Å². The highest BCUT2D eigenvalue weighted by atomic mass is 32.1. The van der Waals surface area contributed by atoms with Gasteiger partial charge >= 0.3 is 0 Å². The first-order valence-corrected chi connectivity index (χ1v) is 11.8.